The fourth-order valence-electron chi connectivity index (χ4n) is 3.88. The van der Waals surface area contributed by atoms with Gasteiger partial charge in [-0.15, -0.1) is 0 Å². The van der Waals surface area contributed by atoms with Gasteiger partial charge in [0.15, 0.2) is 0 Å². The van der Waals surface area contributed by atoms with E-state index in [0.717, 1.165) is 44.4 Å². The second-order valence-electron chi connectivity index (χ2n) is 7.44. The van der Waals surface area contributed by atoms with Gasteiger partial charge in [0.2, 0.25) is 0 Å². The minimum atomic E-state index is -0.620. The molecule has 1 aliphatic heterocycles. The van der Waals surface area contributed by atoms with Crippen molar-refractivity contribution in [2.45, 2.75) is 20.4 Å². The Labute approximate surface area is 195 Å². The van der Waals surface area contributed by atoms with E-state index in [1.54, 1.807) is 19.1 Å². The normalized spacial score (nSPS) is 14.8. The Morgan fingerprint density at radius 2 is 1.88 bits per heavy atom. The summed E-state index contributed by atoms with van der Waals surface area (Å²) in [5.41, 5.74) is 4.18. The largest absolute Gasteiger partial charge is 0.465 e. The van der Waals surface area contributed by atoms with Crippen LogP contribution in [-0.4, -0.2) is 39.7 Å². The molecule has 1 fully saturated rings. The van der Waals surface area contributed by atoms with Crippen molar-refractivity contribution in [1.82, 2.24) is 9.47 Å². The topological polar surface area (TPSA) is 92.4 Å². The predicted octanol–water partition coefficient (Wildman–Crippen LogP) is 4.47. The lowest BCUT2D eigenvalue weighted by Gasteiger charge is -2.11. The van der Waals surface area contributed by atoms with E-state index >= 15 is 0 Å². The van der Waals surface area contributed by atoms with E-state index in [9.17, 15) is 19.6 Å². The van der Waals surface area contributed by atoms with Crippen LogP contribution in [0.25, 0.3) is 17.0 Å². The molecule has 3 aromatic rings. The molecule has 2 aromatic carbocycles. The van der Waals surface area contributed by atoms with E-state index in [0.29, 0.717) is 12.1 Å². The molecular weight excluding hydrogens is 438 g/mol. The molecule has 4 rings (SSSR count). The fraction of sp³-hybridized carbons (Fsp3) is 0.200. The number of rotatable bonds is 6. The van der Waals surface area contributed by atoms with Gasteiger partial charge in [-0.05, 0) is 49.4 Å². The quantitative estimate of drug-likeness (QED) is 0.399. The number of ether oxygens (including phenoxy) is 1. The van der Waals surface area contributed by atoms with Gasteiger partial charge in [-0.3, -0.25) is 19.3 Å². The standard InChI is InChI=1S/C25H21N3O4S/c1-3-32-23(29)15-28-24(30)22(33-25(28)31)12-20-16(2)27(21-11-7-6-10-19(20)21)14-18-9-5-4-8-17(18)13-26/h4-12H,3,14-15H2,1-2H3. The zero-order chi connectivity index (χ0) is 23.5. The third kappa shape index (κ3) is 4.28. The number of aromatic nitrogens is 1. The van der Waals surface area contributed by atoms with E-state index in [1.807, 2.05) is 49.4 Å². The van der Waals surface area contributed by atoms with Gasteiger partial charge in [0, 0.05) is 28.7 Å². The van der Waals surface area contributed by atoms with Crippen molar-refractivity contribution in [3.8, 4) is 6.07 Å². The fourth-order valence-corrected chi connectivity index (χ4v) is 4.70. The molecule has 1 saturated heterocycles. The summed E-state index contributed by atoms with van der Waals surface area (Å²) in [6, 6.07) is 17.5. The van der Waals surface area contributed by atoms with Crippen LogP contribution in [0.2, 0.25) is 0 Å². The van der Waals surface area contributed by atoms with Crippen molar-refractivity contribution in [3.63, 3.8) is 0 Å². The third-order valence-electron chi connectivity index (χ3n) is 5.49. The van der Waals surface area contributed by atoms with Crippen LogP contribution in [0.3, 0.4) is 0 Å². The van der Waals surface area contributed by atoms with Crippen molar-refractivity contribution in [2.75, 3.05) is 13.2 Å². The van der Waals surface area contributed by atoms with Gasteiger partial charge >= 0.3 is 5.97 Å². The molecule has 8 heteroatoms. The molecule has 2 heterocycles. The Morgan fingerprint density at radius 3 is 2.64 bits per heavy atom. The molecule has 166 valence electrons. The van der Waals surface area contributed by atoms with Crippen molar-refractivity contribution >= 4 is 45.9 Å². The van der Waals surface area contributed by atoms with E-state index in [2.05, 4.69) is 10.6 Å². The number of carbonyl (C=O) groups is 3. The first kappa shape index (κ1) is 22.4. The smallest absolute Gasteiger partial charge is 0.326 e. The van der Waals surface area contributed by atoms with Gasteiger partial charge in [-0.1, -0.05) is 36.4 Å². The zero-order valence-electron chi connectivity index (χ0n) is 18.2. The Morgan fingerprint density at radius 1 is 1.15 bits per heavy atom. The second-order valence-corrected chi connectivity index (χ2v) is 8.44. The van der Waals surface area contributed by atoms with Gasteiger partial charge in [-0.25, -0.2) is 0 Å². The molecule has 0 unspecified atom stereocenters. The number of thioether (sulfide) groups is 1. The van der Waals surface area contributed by atoms with Crippen LogP contribution in [-0.2, 0) is 20.9 Å². The molecule has 0 aliphatic carbocycles. The number of carbonyl (C=O) groups excluding carboxylic acids is 3. The van der Waals surface area contributed by atoms with Crippen molar-refractivity contribution < 1.29 is 19.1 Å². The second kappa shape index (κ2) is 9.35. The maximum absolute atomic E-state index is 12.9. The van der Waals surface area contributed by atoms with Gasteiger partial charge < -0.3 is 9.30 Å². The minimum absolute atomic E-state index is 0.179. The summed E-state index contributed by atoms with van der Waals surface area (Å²) in [6.45, 7) is 3.89. The Hall–Kier alpha value is -3.83. The molecule has 1 aliphatic rings. The van der Waals surface area contributed by atoms with Crippen LogP contribution in [0.5, 0.6) is 0 Å². The molecule has 0 atom stereocenters. The number of fused-ring (bicyclic) bond motifs is 1. The van der Waals surface area contributed by atoms with E-state index < -0.39 is 23.7 Å². The zero-order valence-corrected chi connectivity index (χ0v) is 19.0. The lowest BCUT2D eigenvalue weighted by Crippen LogP contribution is -2.34. The lowest BCUT2D eigenvalue weighted by atomic mass is 10.1. The number of esters is 1. The molecule has 0 radical (unpaired) electrons. The number of nitriles is 1. The van der Waals surface area contributed by atoms with Gasteiger partial charge in [0.05, 0.1) is 23.1 Å². The number of nitrogens with zero attached hydrogens (tertiary/aromatic N) is 3. The van der Waals surface area contributed by atoms with Crippen LogP contribution in [0.1, 0.15) is 29.3 Å². The summed E-state index contributed by atoms with van der Waals surface area (Å²) in [5.74, 6) is -1.13. The molecule has 0 N–H and O–H groups in total. The van der Waals surface area contributed by atoms with Crippen LogP contribution in [0.4, 0.5) is 4.79 Å². The average Bonchev–Trinajstić information content (AvgIpc) is 3.23. The summed E-state index contributed by atoms with van der Waals surface area (Å²) in [4.78, 5) is 38.2. The predicted molar refractivity (Wildman–Crippen MR) is 126 cm³/mol. The Kier molecular flexibility index (Phi) is 6.33. The number of amides is 2. The number of hydrogen-bond donors (Lipinski definition) is 0. The molecule has 1 aromatic heterocycles. The third-order valence-corrected chi connectivity index (χ3v) is 6.39. The lowest BCUT2D eigenvalue weighted by molar-refractivity contribution is -0.145. The minimum Gasteiger partial charge on any atom is -0.465 e. The van der Waals surface area contributed by atoms with Crippen LogP contribution in [0, 0.1) is 18.3 Å². The highest BCUT2D eigenvalue weighted by Gasteiger charge is 2.37. The molecule has 0 spiro atoms. The Bertz CT molecular complexity index is 1350. The summed E-state index contributed by atoms with van der Waals surface area (Å²) < 4.78 is 6.97. The van der Waals surface area contributed by atoms with Crippen molar-refractivity contribution in [1.29, 1.82) is 5.26 Å². The van der Waals surface area contributed by atoms with E-state index in [-0.39, 0.29) is 11.5 Å². The first-order valence-corrected chi connectivity index (χ1v) is 11.2. The first-order valence-electron chi connectivity index (χ1n) is 10.4. The maximum Gasteiger partial charge on any atom is 0.326 e. The first-order chi connectivity index (χ1) is 15.9. The monoisotopic (exact) mass is 459 g/mol. The van der Waals surface area contributed by atoms with E-state index in [1.165, 1.54) is 0 Å². The van der Waals surface area contributed by atoms with Crippen LogP contribution < -0.4 is 0 Å². The van der Waals surface area contributed by atoms with E-state index in [4.69, 9.17) is 4.74 Å². The highest BCUT2D eigenvalue weighted by molar-refractivity contribution is 8.18. The highest BCUT2D eigenvalue weighted by Crippen LogP contribution is 2.36. The number of benzene rings is 2. The SMILES string of the molecule is CCOC(=O)CN1C(=O)SC(=Cc2c(C)n(Cc3ccccc3C#N)c3ccccc23)C1=O. The summed E-state index contributed by atoms with van der Waals surface area (Å²) >= 11 is 0.812. The molecule has 0 bridgehead atoms. The number of hydrogen-bond acceptors (Lipinski definition) is 6. The summed E-state index contributed by atoms with van der Waals surface area (Å²) in [6.07, 6.45) is 1.71. The van der Waals surface area contributed by atoms with Crippen LogP contribution >= 0.6 is 11.8 Å². The maximum atomic E-state index is 12.9. The number of para-hydroxylation sites is 1. The molecule has 33 heavy (non-hydrogen) atoms. The average molecular weight is 460 g/mol. The van der Waals surface area contributed by atoms with Crippen molar-refractivity contribution in [2.24, 2.45) is 0 Å². The van der Waals surface area contributed by atoms with Crippen LogP contribution in [0.15, 0.2) is 53.4 Å². The number of imide groups is 1. The van der Waals surface area contributed by atoms with Crippen molar-refractivity contribution in [3.05, 3.63) is 75.8 Å². The molecular formula is C25H21N3O4S. The highest BCUT2D eigenvalue weighted by atomic mass is 32.2. The van der Waals surface area contributed by atoms with Gasteiger partial charge in [-0.2, -0.15) is 5.26 Å². The molecule has 0 saturated carbocycles. The summed E-state index contributed by atoms with van der Waals surface area (Å²) in [7, 11) is 0. The molecule has 7 nitrogen and oxygen atoms in total. The van der Waals surface area contributed by atoms with Gasteiger partial charge in [0.1, 0.15) is 6.54 Å². The Balaban J connectivity index is 1.74. The van der Waals surface area contributed by atoms with Gasteiger partial charge in [0.25, 0.3) is 11.1 Å². The molecule has 2 amide bonds. The summed E-state index contributed by atoms with van der Waals surface area (Å²) in [5, 5.41) is 9.91.